The summed E-state index contributed by atoms with van der Waals surface area (Å²) in [5, 5.41) is 2.67. The molecule has 0 fully saturated rings. The Morgan fingerprint density at radius 1 is 1.15 bits per heavy atom. The Kier molecular flexibility index (Phi) is 2.02. The lowest BCUT2D eigenvalue weighted by Gasteiger charge is -1.96. The van der Waals surface area contributed by atoms with Crippen molar-refractivity contribution in [3.8, 4) is 11.1 Å². The summed E-state index contributed by atoms with van der Waals surface area (Å²) in [6, 6.07) is 8.34. The monoisotopic (exact) mass is 193 g/mol. The molecule has 0 aliphatic heterocycles. The molecule has 1 aromatic heterocycles. The SMILES string of the molecule is Nc1cc(-c2cccc(F)c2)cs1. The fourth-order valence-corrected chi connectivity index (χ4v) is 1.83. The molecule has 2 N–H and O–H groups in total. The van der Waals surface area contributed by atoms with Gasteiger partial charge in [0, 0.05) is 5.38 Å². The molecule has 1 heterocycles. The normalized spacial score (nSPS) is 10.2. The number of rotatable bonds is 1. The number of nitrogens with two attached hydrogens (primary N) is 1. The molecule has 2 aromatic rings. The molecule has 1 aromatic carbocycles. The van der Waals surface area contributed by atoms with Crippen molar-refractivity contribution in [3.63, 3.8) is 0 Å². The summed E-state index contributed by atoms with van der Waals surface area (Å²) in [5.41, 5.74) is 7.42. The van der Waals surface area contributed by atoms with Crippen LogP contribution in [0.5, 0.6) is 0 Å². The van der Waals surface area contributed by atoms with Crippen LogP contribution >= 0.6 is 11.3 Å². The predicted molar refractivity (Wildman–Crippen MR) is 54.1 cm³/mol. The maximum absolute atomic E-state index is 12.8. The van der Waals surface area contributed by atoms with Gasteiger partial charge in [0.05, 0.1) is 5.00 Å². The third-order valence-electron chi connectivity index (χ3n) is 1.78. The van der Waals surface area contributed by atoms with Crippen LogP contribution < -0.4 is 5.73 Å². The van der Waals surface area contributed by atoms with E-state index in [1.165, 1.54) is 23.5 Å². The smallest absolute Gasteiger partial charge is 0.123 e. The summed E-state index contributed by atoms with van der Waals surface area (Å²) in [4.78, 5) is 0. The summed E-state index contributed by atoms with van der Waals surface area (Å²) in [6.45, 7) is 0. The van der Waals surface area contributed by atoms with E-state index in [-0.39, 0.29) is 5.82 Å². The highest BCUT2D eigenvalue weighted by molar-refractivity contribution is 7.14. The topological polar surface area (TPSA) is 26.0 Å². The molecule has 0 spiro atoms. The Labute approximate surface area is 79.6 Å². The zero-order valence-electron chi connectivity index (χ0n) is 6.83. The second-order valence-electron chi connectivity index (χ2n) is 2.75. The van der Waals surface area contributed by atoms with Crippen molar-refractivity contribution in [2.45, 2.75) is 0 Å². The van der Waals surface area contributed by atoms with Gasteiger partial charge in [0.2, 0.25) is 0 Å². The van der Waals surface area contributed by atoms with Crippen LogP contribution in [0.1, 0.15) is 0 Å². The third-order valence-corrected chi connectivity index (χ3v) is 2.54. The maximum atomic E-state index is 12.8. The molecule has 13 heavy (non-hydrogen) atoms. The number of thiophene rings is 1. The number of halogens is 1. The second kappa shape index (κ2) is 3.18. The first kappa shape index (κ1) is 8.26. The molecule has 0 bridgehead atoms. The van der Waals surface area contributed by atoms with Crippen LogP contribution in [0, 0.1) is 5.82 Å². The van der Waals surface area contributed by atoms with Gasteiger partial charge in [0.25, 0.3) is 0 Å². The minimum Gasteiger partial charge on any atom is -0.391 e. The zero-order chi connectivity index (χ0) is 9.26. The fourth-order valence-electron chi connectivity index (χ4n) is 1.17. The van der Waals surface area contributed by atoms with Gasteiger partial charge in [-0.1, -0.05) is 12.1 Å². The van der Waals surface area contributed by atoms with Gasteiger partial charge < -0.3 is 5.73 Å². The predicted octanol–water partition coefficient (Wildman–Crippen LogP) is 3.14. The average molecular weight is 193 g/mol. The molecule has 0 unspecified atom stereocenters. The molecule has 0 atom stereocenters. The Morgan fingerprint density at radius 3 is 2.62 bits per heavy atom. The third kappa shape index (κ3) is 1.70. The van der Waals surface area contributed by atoms with E-state index in [4.69, 9.17) is 5.73 Å². The summed E-state index contributed by atoms with van der Waals surface area (Å²) in [6.07, 6.45) is 0. The molecule has 3 heteroatoms. The molecule has 0 aliphatic carbocycles. The molecule has 2 rings (SSSR count). The summed E-state index contributed by atoms with van der Waals surface area (Å²) in [7, 11) is 0. The van der Waals surface area contributed by atoms with Gasteiger partial charge in [0.1, 0.15) is 5.82 Å². The Bertz CT molecular complexity index is 422. The van der Waals surface area contributed by atoms with E-state index >= 15 is 0 Å². The Hall–Kier alpha value is -1.35. The van der Waals surface area contributed by atoms with Crippen molar-refractivity contribution in [2.75, 3.05) is 5.73 Å². The quantitative estimate of drug-likeness (QED) is 0.739. The van der Waals surface area contributed by atoms with Gasteiger partial charge >= 0.3 is 0 Å². The van der Waals surface area contributed by atoms with Gasteiger partial charge in [-0.3, -0.25) is 0 Å². The summed E-state index contributed by atoms with van der Waals surface area (Å²) >= 11 is 1.46. The van der Waals surface area contributed by atoms with Gasteiger partial charge in [0.15, 0.2) is 0 Å². The highest BCUT2D eigenvalue weighted by Gasteiger charge is 2.00. The van der Waals surface area contributed by atoms with E-state index in [1.807, 2.05) is 17.5 Å². The summed E-state index contributed by atoms with van der Waals surface area (Å²) in [5.74, 6) is -0.220. The zero-order valence-corrected chi connectivity index (χ0v) is 7.64. The number of anilines is 1. The van der Waals surface area contributed by atoms with Gasteiger partial charge in [-0.05, 0) is 29.3 Å². The number of hydrogen-bond acceptors (Lipinski definition) is 2. The van der Waals surface area contributed by atoms with E-state index in [0.29, 0.717) is 0 Å². The molecule has 0 radical (unpaired) electrons. The van der Waals surface area contributed by atoms with Crippen LogP contribution in [0.4, 0.5) is 9.39 Å². The standard InChI is InChI=1S/C10H8FNS/c11-9-3-1-2-7(4-9)8-5-10(12)13-6-8/h1-6H,12H2. The highest BCUT2D eigenvalue weighted by atomic mass is 32.1. The van der Waals surface area contributed by atoms with Gasteiger partial charge in [-0.15, -0.1) is 11.3 Å². The second-order valence-corrected chi connectivity index (χ2v) is 3.69. The van der Waals surface area contributed by atoms with E-state index < -0.39 is 0 Å². The Morgan fingerprint density at radius 2 is 2.00 bits per heavy atom. The summed E-state index contributed by atoms with van der Waals surface area (Å²) < 4.78 is 12.8. The van der Waals surface area contributed by atoms with Crippen molar-refractivity contribution in [3.05, 3.63) is 41.5 Å². The average Bonchev–Trinajstić information content (AvgIpc) is 2.52. The molecular formula is C10H8FNS. The van der Waals surface area contributed by atoms with Crippen LogP contribution in [0.15, 0.2) is 35.7 Å². The molecule has 0 aliphatic rings. The lowest BCUT2D eigenvalue weighted by molar-refractivity contribution is 0.628. The molecule has 0 saturated heterocycles. The number of hydrogen-bond donors (Lipinski definition) is 1. The molecule has 1 nitrogen and oxygen atoms in total. The molecule has 0 amide bonds. The lowest BCUT2D eigenvalue weighted by atomic mass is 10.1. The first-order chi connectivity index (χ1) is 6.25. The maximum Gasteiger partial charge on any atom is 0.123 e. The fraction of sp³-hybridized carbons (Fsp3) is 0. The largest absolute Gasteiger partial charge is 0.391 e. The van der Waals surface area contributed by atoms with Crippen LogP contribution in [0.3, 0.4) is 0 Å². The first-order valence-electron chi connectivity index (χ1n) is 3.85. The Balaban J connectivity index is 2.46. The van der Waals surface area contributed by atoms with Crippen LogP contribution in [0.25, 0.3) is 11.1 Å². The van der Waals surface area contributed by atoms with Crippen molar-refractivity contribution < 1.29 is 4.39 Å². The van der Waals surface area contributed by atoms with E-state index in [9.17, 15) is 4.39 Å². The van der Waals surface area contributed by atoms with Crippen molar-refractivity contribution in [1.82, 2.24) is 0 Å². The minimum atomic E-state index is -0.220. The van der Waals surface area contributed by atoms with Gasteiger partial charge in [-0.25, -0.2) is 4.39 Å². The minimum absolute atomic E-state index is 0.220. The number of benzene rings is 1. The highest BCUT2D eigenvalue weighted by Crippen LogP contribution is 2.27. The first-order valence-corrected chi connectivity index (χ1v) is 4.73. The van der Waals surface area contributed by atoms with E-state index in [0.717, 1.165) is 16.1 Å². The van der Waals surface area contributed by atoms with Crippen LogP contribution in [0.2, 0.25) is 0 Å². The van der Waals surface area contributed by atoms with Crippen molar-refractivity contribution in [2.24, 2.45) is 0 Å². The lowest BCUT2D eigenvalue weighted by Crippen LogP contribution is -1.77. The number of nitrogen functional groups attached to an aromatic ring is 1. The van der Waals surface area contributed by atoms with Crippen LogP contribution in [-0.2, 0) is 0 Å². The van der Waals surface area contributed by atoms with Crippen LogP contribution in [-0.4, -0.2) is 0 Å². The van der Waals surface area contributed by atoms with E-state index in [2.05, 4.69) is 0 Å². The van der Waals surface area contributed by atoms with Crippen molar-refractivity contribution in [1.29, 1.82) is 0 Å². The molecular weight excluding hydrogens is 185 g/mol. The molecule has 0 saturated carbocycles. The van der Waals surface area contributed by atoms with Crippen molar-refractivity contribution >= 4 is 16.3 Å². The van der Waals surface area contributed by atoms with Gasteiger partial charge in [-0.2, -0.15) is 0 Å². The van der Waals surface area contributed by atoms with E-state index in [1.54, 1.807) is 6.07 Å². The molecule has 66 valence electrons.